The number of nitrogens with one attached hydrogen (secondary N) is 1. The SMILES string of the molecule is COc1ccc(CC(=O)NC[C@H]2CCN(c3ccccc3F)C2)c(OC)c1. The molecule has 2 aromatic rings. The Bertz CT molecular complexity index is 797. The zero-order valence-electron chi connectivity index (χ0n) is 15.7. The number of ether oxygens (including phenoxy) is 2. The van der Waals surface area contributed by atoms with Gasteiger partial charge in [-0.1, -0.05) is 18.2 Å². The summed E-state index contributed by atoms with van der Waals surface area (Å²) in [5.74, 6) is 1.38. The van der Waals surface area contributed by atoms with Crippen molar-refractivity contribution in [1.82, 2.24) is 5.32 Å². The number of methoxy groups -OCH3 is 2. The molecule has 0 saturated carbocycles. The first-order valence-electron chi connectivity index (χ1n) is 9.07. The van der Waals surface area contributed by atoms with E-state index in [0.29, 0.717) is 29.6 Å². The van der Waals surface area contributed by atoms with Crippen molar-refractivity contribution in [2.24, 2.45) is 5.92 Å². The van der Waals surface area contributed by atoms with Gasteiger partial charge in [-0.2, -0.15) is 0 Å². The van der Waals surface area contributed by atoms with Crippen LogP contribution in [0.4, 0.5) is 10.1 Å². The van der Waals surface area contributed by atoms with Crippen molar-refractivity contribution in [3.05, 3.63) is 53.8 Å². The molecule has 1 aliphatic rings. The number of anilines is 1. The molecule has 1 saturated heterocycles. The van der Waals surface area contributed by atoms with E-state index in [4.69, 9.17) is 9.47 Å². The average Bonchev–Trinajstić information content (AvgIpc) is 3.16. The summed E-state index contributed by atoms with van der Waals surface area (Å²) in [6, 6.07) is 12.2. The van der Waals surface area contributed by atoms with Gasteiger partial charge in [-0.3, -0.25) is 4.79 Å². The van der Waals surface area contributed by atoms with Crippen LogP contribution in [0, 0.1) is 11.7 Å². The molecule has 144 valence electrons. The third kappa shape index (κ3) is 4.70. The van der Waals surface area contributed by atoms with E-state index in [1.165, 1.54) is 6.07 Å². The van der Waals surface area contributed by atoms with Crippen molar-refractivity contribution in [3.8, 4) is 11.5 Å². The number of hydrogen-bond donors (Lipinski definition) is 1. The molecule has 2 aromatic carbocycles. The first-order chi connectivity index (χ1) is 13.1. The maximum Gasteiger partial charge on any atom is 0.224 e. The third-order valence-corrected chi connectivity index (χ3v) is 4.91. The Labute approximate surface area is 159 Å². The number of amides is 1. The Balaban J connectivity index is 1.51. The Morgan fingerprint density at radius 3 is 2.78 bits per heavy atom. The van der Waals surface area contributed by atoms with Crippen LogP contribution < -0.4 is 19.7 Å². The summed E-state index contributed by atoms with van der Waals surface area (Å²) in [5, 5.41) is 2.99. The summed E-state index contributed by atoms with van der Waals surface area (Å²) in [4.78, 5) is 14.4. The number of carbonyl (C=O) groups is 1. The predicted molar refractivity (Wildman–Crippen MR) is 103 cm³/mol. The van der Waals surface area contributed by atoms with E-state index in [9.17, 15) is 9.18 Å². The second kappa shape index (κ2) is 8.75. The molecule has 1 aliphatic heterocycles. The van der Waals surface area contributed by atoms with Crippen molar-refractivity contribution in [1.29, 1.82) is 0 Å². The first-order valence-corrected chi connectivity index (χ1v) is 9.07. The molecule has 6 heteroatoms. The van der Waals surface area contributed by atoms with Gasteiger partial charge < -0.3 is 19.7 Å². The number of benzene rings is 2. The third-order valence-electron chi connectivity index (χ3n) is 4.91. The number of carbonyl (C=O) groups excluding carboxylic acids is 1. The lowest BCUT2D eigenvalue weighted by molar-refractivity contribution is -0.120. The smallest absolute Gasteiger partial charge is 0.224 e. The predicted octanol–water partition coefficient (Wildman–Crippen LogP) is 3.03. The molecule has 3 rings (SSSR count). The first kappa shape index (κ1) is 19.0. The van der Waals surface area contributed by atoms with Crippen molar-refractivity contribution in [2.75, 3.05) is 38.8 Å². The highest BCUT2D eigenvalue weighted by atomic mass is 19.1. The normalized spacial score (nSPS) is 16.3. The van der Waals surface area contributed by atoms with E-state index in [2.05, 4.69) is 5.32 Å². The van der Waals surface area contributed by atoms with Crippen LogP contribution in [0.3, 0.4) is 0 Å². The summed E-state index contributed by atoms with van der Waals surface area (Å²) in [5.41, 5.74) is 1.45. The maximum absolute atomic E-state index is 13.9. The van der Waals surface area contributed by atoms with Crippen LogP contribution in [0.5, 0.6) is 11.5 Å². The molecule has 27 heavy (non-hydrogen) atoms. The van der Waals surface area contributed by atoms with Gasteiger partial charge in [-0.05, 0) is 30.5 Å². The monoisotopic (exact) mass is 372 g/mol. The standard InChI is InChI=1S/C21H25FN2O3/c1-26-17-8-7-16(20(12-17)27-2)11-21(25)23-13-15-9-10-24(14-15)19-6-4-3-5-18(19)22/h3-8,12,15H,9-11,13-14H2,1-2H3,(H,23,25)/t15-/m1/s1. The fraction of sp³-hybridized carbons (Fsp3) is 0.381. The fourth-order valence-corrected chi connectivity index (χ4v) is 3.42. The highest BCUT2D eigenvalue weighted by Crippen LogP contribution is 2.26. The van der Waals surface area contributed by atoms with Crippen molar-refractivity contribution in [2.45, 2.75) is 12.8 Å². The quantitative estimate of drug-likeness (QED) is 0.812. The van der Waals surface area contributed by atoms with Gasteiger partial charge >= 0.3 is 0 Å². The van der Waals surface area contributed by atoms with Crippen LogP contribution in [-0.4, -0.2) is 39.8 Å². The molecule has 1 fully saturated rings. The van der Waals surface area contributed by atoms with Gasteiger partial charge in [0.2, 0.25) is 5.91 Å². The van der Waals surface area contributed by atoms with Gasteiger partial charge in [0.05, 0.1) is 26.3 Å². The topological polar surface area (TPSA) is 50.8 Å². The van der Waals surface area contributed by atoms with E-state index in [0.717, 1.165) is 25.1 Å². The molecule has 0 aliphatic carbocycles. The molecule has 1 atom stereocenters. The van der Waals surface area contributed by atoms with Crippen molar-refractivity contribution < 1.29 is 18.7 Å². The van der Waals surface area contributed by atoms with Crippen LogP contribution in [-0.2, 0) is 11.2 Å². The van der Waals surface area contributed by atoms with Crippen LogP contribution in [0.1, 0.15) is 12.0 Å². The number of rotatable bonds is 7. The van der Waals surface area contributed by atoms with Crippen LogP contribution in [0.15, 0.2) is 42.5 Å². The molecule has 0 bridgehead atoms. The molecular weight excluding hydrogens is 347 g/mol. The van der Waals surface area contributed by atoms with Crippen LogP contribution in [0.2, 0.25) is 0 Å². The fourth-order valence-electron chi connectivity index (χ4n) is 3.42. The number of halogens is 1. The van der Waals surface area contributed by atoms with E-state index in [1.807, 2.05) is 23.1 Å². The molecular formula is C21H25FN2O3. The number of nitrogens with zero attached hydrogens (tertiary/aromatic N) is 1. The highest BCUT2D eigenvalue weighted by Gasteiger charge is 2.24. The summed E-state index contributed by atoms with van der Waals surface area (Å²) >= 11 is 0. The average molecular weight is 372 g/mol. The van der Waals surface area contributed by atoms with Crippen LogP contribution in [0.25, 0.3) is 0 Å². The van der Waals surface area contributed by atoms with E-state index in [1.54, 1.807) is 32.4 Å². The lowest BCUT2D eigenvalue weighted by Crippen LogP contribution is -2.32. The lowest BCUT2D eigenvalue weighted by Gasteiger charge is -2.19. The van der Waals surface area contributed by atoms with Gasteiger partial charge in [0.1, 0.15) is 17.3 Å². The van der Waals surface area contributed by atoms with Gasteiger partial charge in [-0.15, -0.1) is 0 Å². The van der Waals surface area contributed by atoms with E-state index >= 15 is 0 Å². The summed E-state index contributed by atoms with van der Waals surface area (Å²) in [6.07, 6.45) is 1.18. The Morgan fingerprint density at radius 2 is 2.04 bits per heavy atom. The van der Waals surface area contributed by atoms with E-state index < -0.39 is 0 Å². The zero-order valence-corrected chi connectivity index (χ0v) is 15.7. The van der Waals surface area contributed by atoms with Crippen molar-refractivity contribution >= 4 is 11.6 Å². The second-order valence-corrected chi connectivity index (χ2v) is 6.71. The van der Waals surface area contributed by atoms with Gasteiger partial charge in [0.25, 0.3) is 0 Å². The van der Waals surface area contributed by atoms with Gasteiger partial charge in [-0.25, -0.2) is 4.39 Å². The minimum atomic E-state index is -0.200. The summed E-state index contributed by atoms with van der Waals surface area (Å²) in [6.45, 7) is 2.13. The lowest BCUT2D eigenvalue weighted by atomic mass is 10.1. The van der Waals surface area contributed by atoms with Gasteiger partial charge in [0.15, 0.2) is 0 Å². The molecule has 5 nitrogen and oxygen atoms in total. The molecule has 0 spiro atoms. The minimum absolute atomic E-state index is 0.0530. The Hall–Kier alpha value is -2.76. The second-order valence-electron chi connectivity index (χ2n) is 6.71. The molecule has 1 amide bonds. The Kier molecular flexibility index (Phi) is 6.16. The minimum Gasteiger partial charge on any atom is -0.497 e. The highest BCUT2D eigenvalue weighted by molar-refractivity contribution is 5.79. The number of para-hydroxylation sites is 1. The maximum atomic E-state index is 13.9. The zero-order chi connectivity index (χ0) is 19.2. The van der Waals surface area contributed by atoms with Crippen molar-refractivity contribution in [3.63, 3.8) is 0 Å². The molecule has 1 heterocycles. The van der Waals surface area contributed by atoms with E-state index in [-0.39, 0.29) is 18.1 Å². The molecule has 1 N–H and O–H groups in total. The largest absolute Gasteiger partial charge is 0.497 e. The summed E-state index contributed by atoms with van der Waals surface area (Å²) in [7, 11) is 3.17. The number of hydrogen-bond acceptors (Lipinski definition) is 4. The molecule has 0 unspecified atom stereocenters. The molecule has 0 radical (unpaired) electrons. The Morgan fingerprint density at radius 1 is 1.22 bits per heavy atom. The summed E-state index contributed by atoms with van der Waals surface area (Å²) < 4.78 is 24.4. The molecule has 0 aromatic heterocycles. The van der Waals surface area contributed by atoms with Gasteiger partial charge in [0, 0.05) is 31.3 Å². The van der Waals surface area contributed by atoms with Crippen LogP contribution >= 0.6 is 0 Å².